The van der Waals surface area contributed by atoms with E-state index in [1.54, 1.807) is 5.38 Å². The van der Waals surface area contributed by atoms with Crippen LogP contribution in [0.15, 0.2) is 29.6 Å². The third-order valence-corrected chi connectivity index (χ3v) is 3.79. The molecular weight excluding hydrogens is 290 g/mol. The molecule has 0 aliphatic rings. The molecule has 21 heavy (non-hydrogen) atoms. The fourth-order valence-electron chi connectivity index (χ4n) is 1.73. The molecule has 0 fully saturated rings. The number of ketones is 2. The number of hydrogen-bond acceptors (Lipinski definition) is 5. The van der Waals surface area contributed by atoms with Crippen LogP contribution in [0.1, 0.15) is 33.0 Å². The number of aromatic nitrogens is 1. The molecule has 0 amide bonds. The van der Waals surface area contributed by atoms with Crippen LogP contribution in [-0.4, -0.2) is 27.6 Å². The van der Waals surface area contributed by atoms with Gasteiger partial charge in [0, 0.05) is 11.8 Å². The summed E-state index contributed by atoms with van der Waals surface area (Å²) in [5, 5.41) is 10.4. The Morgan fingerprint density at radius 2 is 1.86 bits per heavy atom. The van der Waals surface area contributed by atoms with Crippen LogP contribution < -0.4 is 0 Å². The van der Waals surface area contributed by atoms with E-state index in [2.05, 4.69) is 4.98 Å². The fraction of sp³-hybridized carbons (Fsp3) is 0.200. The molecule has 108 valence electrons. The molecule has 1 aromatic heterocycles. The molecule has 2 aromatic rings. The predicted molar refractivity (Wildman–Crippen MR) is 77.7 cm³/mol. The Morgan fingerprint density at radius 3 is 2.48 bits per heavy atom. The van der Waals surface area contributed by atoms with Gasteiger partial charge in [-0.1, -0.05) is 29.8 Å². The summed E-state index contributed by atoms with van der Waals surface area (Å²) in [6.07, 6.45) is -0.0518. The standard InChI is InChI=1S/C15H13NO4S/c1-9-2-4-10(5-3-9)6-11-8-21-14(16-11)12(17)7-13(18)15(19)20/h2-5,8H,6-7H2,1H3,(H,19,20). The Morgan fingerprint density at radius 1 is 1.19 bits per heavy atom. The van der Waals surface area contributed by atoms with Crippen molar-refractivity contribution >= 4 is 28.9 Å². The van der Waals surface area contributed by atoms with Crippen LogP contribution >= 0.6 is 11.3 Å². The van der Waals surface area contributed by atoms with Crippen LogP contribution in [0.4, 0.5) is 0 Å². The van der Waals surface area contributed by atoms with E-state index in [0.29, 0.717) is 6.42 Å². The van der Waals surface area contributed by atoms with Gasteiger partial charge in [-0.05, 0) is 12.5 Å². The molecule has 6 heteroatoms. The van der Waals surface area contributed by atoms with Crippen LogP contribution in [0, 0.1) is 6.92 Å². The summed E-state index contributed by atoms with van der Waals surface area (Å²) in [5.74, 6) is -3.27. The number of aliphatic carboxylic acids is 1. The molecule has 1 N–H and O–H groups in total. The fourth-order valence-corrected chi connectivity index (χ4v) is 2.49. The lowest BCUT2D eigenvalue weighted by molar-refractivity contribution is -0.148. The smallest absolute Gasteiger partial charge is 0.372 e. The summed E-state index contributed by atoms with van der Waals surface area (Å²) >= 11 is 1.13. The van der Waals surface area contributed by atoms with Crippen LogP contribution in [-0.2, 0) is 16.0 Å². The highest BCUT2D eigenvalue weighted by Gasteiger charge is 2.20. The summed E-state index contributed by atoms with van der Waals surface area (Å²) in [6, 6.07) is 7.98. The van der Waals surface area contributed by atoms with E-state index in [1.807, 2.05) is 31.2 Å². The van der Waals surface area contributed by atoms with E-state index in [0.717, 1.165) is 22.6 Å². The average Bonchev–Trinajstić information content (AvgIpc) is 2.90. The summed E-state index contributed by atoms with van der Waals surface area (Å²) < 4.78 is 0. The molecule has 0 aliphatic heterocycles. The van der Waals surface area contributed by atoms with Crippen LogP contribution in [0.25, 0.3) is 0 Å². The lowest BCUT2D eigenvalue weighted by atomic mass is 10.1. The minimum atomic E-state index is -1.60. The summed E-state index contributed by atoms with van der Waals surface area (Å²) in [7, 11) is 0. The average molecular weight is 303 g/mol. The number of benzene rings is 1. The molecule has 0 atom stereocenters. The molecular formula is C15H13NO4S. The first-order chi connectivity index (χ1) is 9.95. The summed E-state index contributed by atoms with van der Waals surface area (Å²) in [6.45, 7) is 2.00. The Balaban J connectivity index is 2.04. The van der Waals surface area contributed by atoms with Gasteiger partial charge in [0.1, 0.15) is 0 Å². The number of carbonyl (C=O) groups excluding carboxylic acids is 2. The third kappa shape index (κ3) is 4.06. The highest BCUT2D eigenvalue weighted by Crippen LogP contribution is 2.16. The highest BCUT2D eigenvalue weighted by molar-refractivity contribution is 7.11. The van der Waals surface area contributed by atoms with Gasteiger partial charge >= 0.3 is 5.97 Å². The Kier molecular flexibility index (Phi) is 4.59. The number of rotatable bonds is 6. The maximum Gasteiger partial charge on any atom is 0.372 e. The number of carboxylic acids is 1. The lowest BCUT2D eigenvalue weighted by Gasteiger charge is -1.98. The van der Waals surface area contributed by atoms with Crippen LogP contribution in [0.3, 0.4) is 0 Å². The second-order valence-corrected chi connectivity index (χ2v) is 5.49. The topological polar surface area (TPSA) is 84.3 Å². The van der Waals surface area contributed by atoms with Gasteiger partial charge in [-0.25, -0.2) is 9.78 Å². The van der Waals surface area contributed by atoms with E-state index < -0.39 is 24.0 Å². The van der Waals surface area contributed by atoms with Gasteiger partial charge < -0.3 is 5.11 Å². The minimum absolute atomic E-state index is 0.173. The number of nitrogens with zero attached hydrogens (tertiary/aromatic N) is 1. The predicted octanol–water partition coefficient (Wildman–Crippen LogP) is 2.27. The molecule has 0 spiro atoms. The molecule has 0 bridgehead atoms. The largest absolute Gasteiger partial charge is 0.475 e. The number of carbonyl (C=O) groups is 3. The van der Waals surface area contributed by atoms with Crippen molar-refractivity contribution < 1.29 is 19.5 Å². The zero-order valence-corrected chi connectivity index (χ0v) is 12.1. The number of aryl methyl sites for hydroxylation is 1. The number of carboxylic acid groups (broad SMARTS) is 1. The zero-order chi connectivity index (χ0) is 15.4. The van der Waals surface area contributed by atoms with Crippen molar-refractivity contribution in [3.8, 4) is 0 Å². The van der Waals surface area contributed by atoms with Crippen molar-refractivity contribution in [3.05, 3.63) is 51.5 Å². The zero-order valence-electron chi connectivity index (χ0n) is 11.3. The van der Waals surface area contributed by atoms with E-state index >= 15 is 0 Å². The van der Waals surface area contributed by atoms with Gasteiger partial charge in [0.05, 0.1) is 12.1 Å². The van der Waals surface area contributed by atoms with Crippen molar-refractivity contribution in [1.29, 1.82) is 0 Å². The maximum absolute atomic E-state index is 11.7. The first-order valence-electron chi connectivity index (χ1n) is 6.25. The first-order valence-corrected chi connectivity index (χ1v) is 7.13. The van der Waals surface area contributed by atoms with E-state index in [-0.39, 0.29) is 5.01 Å². The number of thiazole rings is 1. The second-order valence-electron chi connectivity index (χ2n) is 4.63. The normalized spacial score (nSPS) is 10.3. The monoisotopic (exact) mass is 303 g/mol. The van der Waals surface area contributed by atoms with E-state index in [9.17, 15) is 14.4 Å². The van der Waals surface area contributed by atoms with Crippen molar-refractivity contribution in [1.82, 2.24) is 4.98 Å². The van der Waals surface area contributed by atoms with Crippen molar-refractivity contribution in [2.45, 2.75) is 19.8 Å². The molecule has 0 aliphatic carbocycles. The Labute approximate surface area is 125 Å². The first kappa shape index (κ1) is 15.1. The summed E-state index contributed by atoms with van der Waals surface area (Å²) in [5.41, 5.74) is 2.97. The van der Waals surface area contributed by atoms with Crippen molar-refractivity contribution in [2.75, 3.05) is 0 Å². The molecule has 1 aromatic carbocycles. The van der Waals surface area contributed by atoms with E-state index in [4.69, 9.17) is 5.11 Å². The third-order valence-electron chi connectivity index (χ3n) is 2.86. The lowest BCUT2D eigenvalue weighted by Crippen LogP contribution is -2.17. The SMILES string of the molecule is Cc1ccc(Cc2csc(C(=O)CC(=O)C(=O)O)n2)cc1. The van der Waals surface area contributed by atoms with Gasteiger partial charge in [-0.2, -0.15) is 0 Å². The van der Waals surface area contributed by atoms with Crippen LogP contribution in [0.5, 0.6) is 0 Å². The van der Waals surface area contributed by atoms with Gasteiger partial charge in [-0.3, -0.25) is 9.59 Å². The van der Waals surface area contributed by atoms with Gasteiger partial charge in [0.15, 0.2) is 10.8 Å². The molecule has 0 unspecified atom stereocenters. The maximum atomic E-state index is 11.7. The van der Waals surface area contributed by atoms with Crippen LogP contribution in [0.2, 0.25) is 0 Å². The van der Waals surface area contributed by atoms with Gasteiger partial charge in [0.2, 0.25) is 5.78 Å². The molecule has 0 saturated heterocycles. The van der Waals surface area contributed by atoms with Crippen molar-refractivity contribution in [2.24, 2.45) is 0 Å². The molecule has 0 saturated carbocycles. The van der Waals surface area contributed by atoms with E-state index in [1.165, 1.54) is 5.56 Å². The molecule has 2 rings (SSSR count). The minimum Gasteiger partial charge on any atom is -0.475 e. The quantitative estimate of drug-likeness (QED) is 0.503. The number of hydrogen-bond donors (Lipinski definition) is 1. The Hall–Kier alpha value is -2.34. The van der Waals surface area contributed by atoms with Gasteiger partial charge in [0.25, 0.3) is 0 Å². The molecule has 1 heterocycles. The molecule has 0 radical (unpaired) electrons. The van der Waals surface area contributed by atoms with Crippen molar-refractivity contribution in [3.63, 3.8) is 0 Å². The number of Topliss-reactive ketones (excluding diaryl/α,β-unsaturated/α-hetero) is 2. The van der Waals surface area contributed by atoms with Gasteiger partial charge in [-0.15, -0.1) is 11.3 Å². The highest BCUT2D eigenvalue weighted by atomic mass is 32.1. The Bertz CT molecular complexity index is 688. The molecule has 5 nitrogen and oxygen atoms in total. The second kappa shape index (κ2) is 6.41. The summed E-state index contributed by atoms with van der Waals surface area (Å²) in [4.78, 5) is 37.3.